The molecule has 0 aromatic heterocycles. The maximum atomic E-state index is 4.63. The highest BCUT2D eigenvalue weighted by Crippen LogP contribution is 2.22. The molecule has 3 rings (SSSR count). The van der Waals surface area contributed by atoms with Gasteiger partial charge in [-0.1, -0.05) is 24.3 Å². The molecule has 1 saturated heterocycles. The van der Waals surface area contributed by atoms with Gasteiger partial charge in [0.15, 0.2) is 0 Å². The zero-order valence-electron chi connectivity index (χ0n) is 12.8. The summed E-state index contributed by atoms with van der Waals surface area (Å²) in [6, 6.07) is 15.1. The SMILES string of the molecule is Cc1ccc(C)c(N=Cc2ccc(N3CCCC3)cc2)c1. The van der Waals surface area contributed by atoms with Crippen LogP contribution in [-0.4, -0.2) is 19.3 Å². The lowest BCUT2D eigenvalue weighted by atomic mass is 10.1. The molecule has 1 fully saturated rings. The minimum Gasteiger partial charge on any atom is -0.372 e. The normalized spacial score (nSPS) is 15.0. The van der Waals surface area contributed by atoms with Gasteiger partial charge in [0.2, 0.25) is 0 Å². The van der Waals surface area contributed by atoms with Crippen molar-refractivity contribution in [1.29, 1.82) is 0 Å². The number of rotatable bonds is 3. The van der Waals surface area contributed by atoms with Crippen molar-refractivity contribution in [3.63, 3.8) is 0 Å². The first kappa shape index (κ1) is 13.9. The van der Waals surface area contributed by atoms with Crippen molar-refractivity contribution in [3.05, 3.63) is 59.2 Å². The van der Waals surface area contributed by atoms with E-state index < -0.39 is 0 Å². The van der Waals surface area contributed by atoms with E-state index >= 15 is 0 Å². The lowest BCUT2D eigenvalue weighted by molar-refractivity contribution is 0.949. The van der Waals surface area contributed by atoms with Gasteiger partial charge in [-0.25, -0.2) is 0 Å². The van der Waals surface area contributed by atoms with Gasteiger partial charge in [-0.15, -0.1) is 0 Å². The number of nitrogens with zero attached hydrogens (tertiary/aromatic N) is 2. The second-order valence-electron chi connectivity index (χ2n) is 5.83. The number of anilines is 1. The fourth-order valence-corrected chi connectivity index (χ4v) is 2.75. The third-order valence-corrected chi connectivity index (χ3v) is 4.08. The minimum atomic E-state index is 1.05. The van der Waals surface area contributed by atoms with Crippen LogP contribution in [0.15, 0.2) is 47.5 Å². The first-order chi connectivity index (χ1) is 10.2. The van der Waals surface area contributed by atoms with Gasteiger partial charge in [0.25, 0.3) is 0 Å². The van der Waals surface area contributed by atoms with Gasteiger partial charge in [-0.05, 0) is 61.6 Å². The van der Waals surface area contributed by atoms with Crippen LogP contribution >= 0.6 is 0 Å². The summed E-state index contributed by atoms with van der Waals surface area (Å²) in [6.45, 7) is 6.58. The highest BCUT2D eigenvalue weighted by atomic mass is 15.1. The standard InChI is InChI=1S/C19H22N2/c1-15-5-6-16(2)19(13-15)20-14-17-7-9-18(10-8-17)21-11-3-4-12-21/h5-10,13-14H,3-4,11-12H2,1-2H3. The van der Waals surface area contributed by atoms with Crippen LogP contribution in [0.1, 0.15) is 29.5 Å². The number of benzene rings is 2. The average molecular weight is 278 g/mol. The summed E-state index contributed by atoms with van der Waals surface area (Å²) < 4.78 is 0. The molecule has 1 aliphatic rings. The molecular weight excluding hydrogens is 256 g/mol. The molecular formula is C19H22N2. The Hall–Kier alpha value is -2.09. The number of aliphatic imine (C=N–C) groups is 1. The predicted molar refractivity (Wildman–Crippen MR) is 91.1 cm³/mol. The molecule has 0 spiro atoms. The number of hydrogen-bond acceptors (Lipinski definition) is 2. The fraction of sp³-hybridized carbons (Fsp3) is 0.316. The Bertz CT molecular complexity index is 635. The highest BCUT2D eigenvalue weighted by molar-refractivity contribution is 5.83. The van der Waals surface area contributed by atoms with Crippen molar-refractivity contribution >= 4 is 17.6 Å². The largest absolute Gasteiger partial charge is 0.372 e. The van der Waals surface area contributed by atoms with Crippen LogP contribution in [0.4, 0.5) is 11.4 Å². The van der Waals surface area contributed by atoms with Crippen LogP contribution in [0.3, 0.4) is 0 Å². The van der Waals surface area contributed by atoms with Crippen molar-refractivity contribution in [2.24, 2.45) is 4.99 Å². The van der Waals surface area contributed by atoms with Crippen LogP contribution in [0.5, 0.6) is 0 Å². The quantitative estimate of drug-likeness (QED) is 0.746. The minimum absolute atomic E-state index is 1.05. The molecule has 0 amide bonds. The van der Waals surface area contributed by atoms with Gasteiger partial charge in [0.05, 0.1) is 5.69 Å². The van der Waals surface area contributed by atoms with E-state index in [1.165, 1.54) is 42.7 Å². The Kier molecular flexibility index (Phi) is 4.05. The van der Waals surface area contributed by atoms with Gasteiger partial charge < -0.3 is 4.90 Å². The Labute approximate surface area is 127 Å². The summed E-state index contributed by atoms with van der Waals surface area (Å²) in [4.78, 5) is 7.08. The molecule has 1 aliphatic heterocycles. The summed E-state index contributed by atoms with van der Waals surface area (Å²) in [5.74, 6) is 0. The van der Waals surface area contributed by atoms with Crippen LogP contribution in [0.2, 0.25) is 0 Å². The van der Waals surface area contributed by atoms with E-state index in [4.69, 9.17) is 0 Å². The molecule has 108 valence electrons. The zero-order chi connectivity index (χ0) is 14.7. The van der Waals surface area contributed by atoms with Gasteiger partial charge in [-0.3, -0.25) is 4.99 Å². The molecule has 0 aliphatic carbocycles. The predicted octanol–water partition coefficient (Wildman–Crippen LogP) is 4.65. The van der Waals surface area contributed by atoms with Crippen LogP contribution in [0, 0.1) is 13.8 Å². The van der Waals surface area contributed by atoms with Gasteiger partial charge in [0.1, 0.15) is 0 Å². The molecule has 0 unspecified atom stereocenters. The van der Waals surface area contributed by atoms with E-state index in [1.807, 2.05) is 6.21 Å². The lowest BCUT2D eigenvalue weighted by Gasteiger charge is -2.17. The summed E-state index contributed by atoms with van der Waals surface area (Å²) in [5, 5.41) is 0. The fourth-order valence-electron chi connectivity index (χ4n) is 2.75. The molecule has 0 saturated carbocycles. The van der Waals surface area contributed by atoms with Crippen LogP contribution in [0.25, 0.3) is 0 Å². The van der Waals surface area contributed by atoms with Crippen molar-refractivity contribution in [2.45, 2.75) is 26.7 Å². The third-order valence-electron chi connectivity index (χ3n) is 4.08. The topological polar surface area (TPSA) is 15.6 Å². The first-order valence-electron chi connectivity index (χ1n) is 7.69. The molecule has 0 radical (unpaired) electrons. The Balaban J connectivity index is 1.75. The van der Waals surface area contributed by atoms with E-state index in [9.17, 15) is 0 Å². The molecule has 0 N–H and O–H groups in total. The Morgan fingerprint density at radius 1 is 0.952 bits per heavy atom. The lowest BCUT2D eigenvalue weighted by Crippen LogP contribution is -2.17. The number of aryl methyl sites for hydroxylation is 2. The molecule has 21 heavy (non-hydrogen) atoms. The van der Waals surface area contributed by atoms with Crippen molar-refractivity contribution < 1.29 is 0 Å². The monoisotopic (exact) mass is 278 g/mol. The number of hydrogen-bond donors (Lipinski definition) is 0. The second kappa shape index (κ2) is 6.13. The van der Waals surface area contributed by atoms with Gasteiger partial charge in [-0.2, -0.15) is 0 Å². The molecule has 2 aromatic rings. The molecule has 1 heterocycles. The van der Waals surface area contributed by atoms with Crippen molar-refractivity contribution in [3.8, 4) is 0 Å². The van der Waals surface area contributed by atoms with E-state index in [1.54, 1.807) is 0 Å². The third kappa shape index (κ3) is 3.33. The van der Waals surface area contributed by atoms with Gasteiger partial charge in [0, 0.05) is 25.0 Å². The summed E-state index contributed by atoms with van der Waals surface area (Å²) in [5.41, 5.74) is 6.00. The van der Waals surface area contributed by atoms with E-state index in [2.05, 4.69) is 66.2 Å². The summed E-state index contributed by atoms with van der Waals surface area (Å²) >= 11 is 0. The zero-order valence-corrected chi connectivity index (χ0v) is 12.8. The molecule has 0 bridgehead atoms. The molecule has 2 nitrogen and oxygen atoms in total. The van der Waals surface area contributed by atoms with Crippen molar-refractivity contribution in [2.75, 3.05) is 18.0 Å². The molecule has 2 aromatic carbocycles. The first-order valence-corrected chi connectivity index (χ1v) is 7.69. The summed E-state index contributed by atoms with van der Waals surface area (Å²) in [7, 11) is 0. The second-order valence-corrected chi connectivity index (χ2v) is 5.83. The Morgan fingerprint density at radius 2 is 1.67 bits per heavy atom. The summed E-state index contributed by atoms with van der Waals surface area (Å²) in [6.07, 6.45) is 4.58. The van der Waals surface area contributed by atoms with E-state index in [0.29, 0.717) is 0 Å². The van der Waals surface area contributed by atoms with Gasteiger partial charge >= 0.3 is 0 Å². The van der Waals surface area contributed by atoms with Crippen LogP contribution < -0.4 is 4.90 Å². The smallest absolute Gasteiger partial charge is 0.0661 e. The maximum Gasteiger partial charge on any atom is 0.0661 e. The molecule has 0 atom stereocenters. The van der Waals surface area contributed by atoms with E-state index in [-0.39, 0.29) is 0 Å². The van der Waals surface area contributed by atoms with Crippen LogP contribution in [-0.2, 0) is 0 Å². The van der Waals surface area contributed by atoms with E-state index in [0.717, 1.165) is 11.3 Å². The average Bonchev–Trinajstić information content (AvgIpc) is 3.03. The highest BCUT2D eigenvalue weighted by Gasteiger charge is 2.11. The Morgan fingerprint density at radius 3 is 2.38 bits per heavy atom. The van der Waals surface area contributed by atoms with Crippen molar-refractivity contribution in [1.82, 2.24) is 0 Å². The maximum absolute atomic E-state index is 4.63. The molecule has 2 heteroatoms.